The number of rotatable bonds is 6. The van der Waals surface area contributed by atoms with Gasteiger partial charge in [-0.2, -0.15) is 5.10 Å². The van der Waals surface area contributed by atoms with Gasteiger partial charge in [-0.05, 0) is 18.4 Å². The van der Waals surface area contributed by atoms with E-state index >= 15 is 0 Å². The molecular formula is C16H20N2O. The summed E-state index contributed by atoms with van der Waals surface area (Å²) in [5.74, 6) is 0.0940. The molecule has 0 radical (unpaired) electrons. The molecule has 0 amide bonds. The van der Waals surface area contributed by atoms with E-state index in [1.165, 1.54) is 0 Å². The van der Waals surface area contributed by atoms with Crippen LogP contribution >= 0.6 is 0 Å². The molecule has 0 saturated carbocycles. The van der Waals surface area contributed by atoms with Crippen LogP contribution in [0.15, 0.2) is 42.7 Å². The number of carbonyl (C=O) groups excluding carboxylic acids is 1. The first kappa shape index (κ1) is 13.5. The van der Waals surface area contributed by atoms with Crippen LogP contribution < -0.4 is 0 Å². The summed E-state index contributed by atoms with van der Waals surface area (Å²) < 4.78 is 1.84. The molecule has 100 valence electrons. The first-order chi connectivity index (χ1) is 9.26. The summed E-state index contributed by atoms with van der Waals surface area (Å²) in [6.07, 6.45) is 5.37. The number of aryl methyl sites for hydroxylation is 1. The highest BCUT2D eigenvalue weighted by Crippen LogP contribution is 2.23. The fourth-order valence-corrected chi connectivity index (χ4v) is 2.30. The second kappa shape index (κ2) is 6.32. The monoisotopic (exact) mass is 256 g/mol. The summed E-state index contributed by atoms with van der Waals surface area (Å²) in [6.45, 7) is 5.00. The second-order valence-electron chi connectivity index (χ2n) is 4.73. The summed E-state index contributed by atoms with van der Waals surface area (Å²) in [5, 5.41) is 4.23. The SMILES string of the molecule is CCCn1cc(C(=O)C(CC)c2ccccc2)cn1. The van der Waals surface area contributed by atoms with Crippen molar-refractivity contribution in [3.8, 4) is 0 Å². The minimum Gasteiger partial charge on any atom is -0.293 e. The number of hydrogen-bond acceptors (Lipinski definition) is 2. The number of hydrogen-bond donors (Lipinski definition) is 0. The Labute approximate surface area is 114 Å². The van der Waals surface area contributed by atoms with Gasteiger partial charge in [0.15, 0.2) is 5.78 Å². The van der Waals surface area contributed by atoms with Crippen LogP contribution in [0.1, 0.15) is 48.5 Å². The normalized spacial score (nSPS) is 12.3. The van der Waals surface area contributed by atoms with Crippen molar-refractivity contribution in [1.29, 1.82) is 0 Å². The first-order valence-corrected chi connectivity index (χ1v) is 6.87. The van der Waals surface area contributed by atoms with E-state index in [0.717, 1.165) is 24.9 Å². The lowest BCUT2D eigenvalue weighted by Crippen LogP contribution is -2.11. The summed E-state index contributed by atoms with van der Waals surface area (Å²) in [6, 6.07) is 9.96. The van der Waals surface area contributed by atoms with Crippen molar-refractivity contribution in [3.05, 3.63) is 53.9 Å². The molecule has 0 saturated heterocycles. The van der Waals surface area contributed by atoms with E-state index in [1.807, 2.05) is 48.1 Å². The number of Topliss-reactive ketones (excluding diaryl/α,β-unsaturated/α-hetero) is 1. The van der Waals surface area contributed by atoms with E-state index in [1.54, 1.807) is 6.20 Å². The molecule has 3 nitrogen and oxygen atoms in total. The van der Waals surface area contributed by atoms with Crippen LogP contribution in [0.5, 0.6) is 0 Å². The predicted molar refractivity (Wildman–Crippen MR) is 76.3 cm³/mol. The zero-order valence-electron chi connectivity index (χ0n) is 11.5. The molecule has 0 aliphatic heterocycles. The maximum atomic E-state index is 12.5. The Morgan fingerprint density at radius 1 is 1.26 bits per heavy atom. The zero-order valence-corrected chi connectivity index (χ0v) is 11.5. The van der Waals surface area contributed by atoms with Crippen molar-refractivity contribution >= 4 is 5.78 Å². The molecule has 0 aliphatic rings. The highest BCUT2D eigenvalue weighted by Gasteiger charge is 2.21. The summed E-state index contributed by atoms with van der Waals surface area (Å²) >= 11 is 0. The number of carbonyl (C=O) groups is 1. The van der Waals surface area contributed by atoms with Crippen LogP contribution in [0, 0.1) is 0 Å². The van der Waals surface area contributed by atoms with Gasteiger partial charge in [0.2, 0.25) is 0 Å². The minimum absolute atomic E-state index is 0.0690. The Bertz CT molecular complexity index is 531. The van der Waals surface area contributed by atoms with Gasteiger partial charge in [-0.1, -0.05) is 44.2 Å². The maximum absolute atomic E-state index is 12.5. The van der Waals surface area contributed by atoms with Crippen LogP contribution in [-0.2, 0) is 6.54 Å². The van der Waals surface area contributed by atoms with Gasteiger partial charge in [-0.15, -0.1) is 0 Å². The fraction of sp³-hybridized carbons (Fsp3) is 0.375. The van der Waals surface area contributed by atoms with E-state index < -0.39 is 0 Å². The van der Waals surface area contributed by atoms with Crippen molar-refractivity contribution in [2.24, 2.45) is 0 Å². The number of benzene rings is 1. The quantitative estimate of drug-likeness (QED) is 0.739. The highest BCUT2D eigenvalue weighted by atomic mass is 16.1. The molecule has 19 heavy (non-hydrogen) atoms. The van der Waals surface area contributed by atoms with Crippen LogP contribution in [-0.4, -0.2) is 15.6 Å². The molecule has 0 aliphatic carbocycles. The Morgan fingerprint density at radius 2 is 2.00 bits per heavy atom. The van der Waals surface area contributed by atoms with Crippen LogP contribution in [0.25, 0.3) is 0 Å². The van der Waals surface area contributed by atoms with E-state index in [9.17, 15) is 4.79 Å². The molecule has 2 rings (SSSR count). The Kier molecular flexibility index (Phi) is 4.50. The van der Waals surface area contributed by atoms with Gasteiger partial charge in [0.1, 0.15) is 0 Å². The van der Waals surface area contributed by atoms with Crippen molar-refractivity contribution in [1.82, 2.24) is 9.78 Å². The lowest BCUT2D eigenvalue weighted by atomic mass is 9.90. The molecule has 3 heteroatoms. The Morgan fingerprint density at radius 3 is 2.63 bits per heavy atom. The van der Waals surface area contributed by atoms with Gasteiger partial charge in [-0.25, -0.2) is 0 Å². The van der Waals surface area contributed by atoms with E-state index in [0.29, 0.717) is 5.56 Å². The molecule has 1 atom stereocenters. The van der Waals surface area contributed by atoms with Crippen LogP contribution in [0.4, 0.5) is 0 Å². The molecule has 1 aromatic heterocycles. The van der Waals surface area contributed by atoms with Crippen LogP contribution in [0.3, 0.4) is 0 Å². The minimum atomic E-state index is -0.0690. The third-order valence-corrected chi connectivity index (χ3v) is 3.30. The number of nitrogens with zero attached hydrogens (tertiary/aromatic N) is 2. The van der Waals surface area contributed by atoms with Gasteiger partial charge in [-0.3, -0.25) is 9.48 Å². The Hall–Kier alpha value is -1.90. The smallest absolute Gasteiger partial charge is 0.173 e. The topological polar surface area (TPSA) is 34.9 Å². The van der Waals surface area contributed by atoms with E-state index in [4.69, 9.17) is 0 Å². The van der Waals surface area contributed by atoms with Gasteiger partial charge >= 0.3 is 0 Å². The lowest BCUT2D eigenvalue weighted by Gasteiger charge is -2.12. The molecule has 0 fully saturated rings. The van der Waals surface area contributed by atoms with E-state index in [2.05, 4.69) is 12.0 Å². The maximum Gasteiger partial charge on any atom is 0.173 e. The average Bonchev–Trinajstić information content (AvgIpc) is 2.90. The Balaban J connectivity index is 2.20. The third kappa shape index (κ3) is 3.11. The molecule has 1 aromatic carbocycles. The van der Waals surface area contributed by atoms with Crippen molar-refractivity contribution in [2.75, 3.05) is 0 Å². The number of aromatic nitrogens is 2. The largest absolute Gasteiger partial charge is 0.293 e. The van der Waals surface area contributed by atoms with Crippen molar-refractivity contribution in [3.63, 3.8) is 0 Å². The fourth-order valence-electron chi connectivity index (χ4n) is 2.30. The predicted octanol–water partition coefficient (Wildman–Crippen LogP) is 3.67. The molecular weight excluding hydrogens is 236 g/mol. The van der Waals surface area contributed by atoms with Gasteiger partial charge in [0.25, 0.3) is 0 Å². The van der Waals surface area contributed by atoms with E-state index in [-0.39, 0.29) is 11.7 Å². The second-order valence-corrected chi connectivity index (χ2v) is 4.73. The van der Waals surface area contributed by atoms with Gasteiger partial charge in [0, 0.05) is 18.7 Å². The summed E-state index contributed by atoms with van der Waals surface area (Å²) in [4.78, 5) is 12.5. The van der Waals surface area contributed by atoms with Gasteiger partial charge in [0.05, 0.1) is 11.8 Å². The van der Waals surface area contributed by atoms with Crippen molar-refractivity contribution < 1.29 is 4.79 Å². The lowest BCUT2D eigenvalue weighted by molar-refractivity contribution is 0.0957. The molecule has 2 aromatic rings. The molecule has 1 heterocycles. The summed E-state index contributed by atoms with van der Waals surface area (Å²) in [5.41, 5.74) is 1.79. The zero-order chi connectivity index (χ0) is 13.7. The first-order valence-electron chi connectivity index (χ1n) is 6.87. The molecule has 1 unspecified atom stereocenters. The third-order valence-electron chi connectivity index (χ3n) is 3.30. The van der Waals surface area contributed by atoms with Gasteiger partial charge < -0.3 is 0 Å². The average molecular weight is 256 g/mol. The highest BCUT2D eigenvalue weighted by molar-refractivity contribution is 6.00. The van der Waals surface area contributed by atoms with Crippen LogP contribution in [0.2, 0.25) is 0 Å². The summed E-state index contributed by atoms with van der Waals surface area (Å²) in [7, 11) is 0. The molecule has 0 N–H and O–H groups in total. The standard InChI is InChI=1S/C16H20N2O/c1-3-10-18-12-14(11-17-18)16(19)15(4-2)13-8-6-5-7-9-13/h5-9,11-12,15H,3-4,10H2,1-2H3. The number of ketones is 1. The molecule has 0 spiro atoms. The van der Waals surface area contributed by atoms with Crippen molar-refractivity contribution in [2.45, 2.75) is 39.2 Å². The molecule has 0 bridgehead atoms.